The smallest absolute Gasteiger partial charge is 0.168 e. The first-order valence-corrected chi connectivity index (χ1v) is 3.87. The Labute approximate surface area is 77.3 Å². The van der Waals surface area contributed by atoms with E-state index in [4.69, 9.17) is 10.2 Å². The van der Waals surface area contributed by atoms with Crippen molar-refractivity contribution in [1.29, 1.82) is 0 Å². The number of aliphatic hydroxyl groups excluding tert-OH is 2. The molecule has 0 aromatic carbocycles. The van der Waals surface area contributed by atoms with Gasteiger partial charge in [0.05, 0.1) is 13.2 Å². The van der Waals surface area contributed by atoms with Crippen LogP contribution in [0, 0.1) is 0 Å². The molecule has 0 aliphatic carbocycles. The first-order valence-electron chi connectivity index (χ1n) is 3.87. The molecule has 0 bridgehead atoms. The minimum atomic E-state index is -3.04. The summed E-state index contributed by atoms with van der Waals surface area (Å²) in [4.78, 5) is 0. The van der Waals surface area contributed by atoms with Crippen LogP contribution in [-0.4, -0.2) is 54.3 Å². The zero-order chi connectivity index (χ0) is 11.3. The predicted molar refractivity (Wildman–Crippen MR) is 38.7 cm³/mol. The van der Waals surface area contributed by atoms with Crippen LogP contribution in [0.1, 0.15) is 0 Å². The van der Waals surface area contributed by atoms with Gasteiger partial charge in [0.25, 0.3) is 0 Å². The molecule has 0 radical (unpaired) electrons. The van der Waals surface area contributed by atoms with Crippen molar-refractivity contribution in [3.8, 4) is 0 Å². The van der Waals surface area contributed by atoms with E-state index in [9.17, 15) is 22.0 Å². The summed E-state index contributed by atoms with van der Waals surface area (Å²) in [5.41, 5.74) is 0. The molecule has 0 saturated heterocycles. The van der Waals surface area contributed by atoms with Gasteiger partial charge in [-0.3, -0.25) is 0 Å². The summed E-state index contributed by atoms with van der Waals surface area (Å²) in [5.74, 6) is 0. The van der Waals surface area contributed by atoms with Crippen LogP contribution in [0.3, 0.4) is 0 Å². The molecule has 1 unspecified atom stereocenters. The molecule has 0 aromatic rings. The van der Waals surface area contributed by atoms with E-state index in [0.717, 1.165) is 0 Å². The van der Waals surface area contributed by atoms with E-state index in [1.807, 2.05) is 0 Å². The van der Waals surface area contributed by atoms with Crippen molar-refractivity contribution in [2.75, 3.05) is 13.2 Å². The van der Waals surface area contributed by atoms with Crippen molar-refractivity contribution >= 4 is 0 Å². The van der Waals surface area contributed by atoms with E-state index in [-0.39, 0.29) is 0 Å². The van der Waals surface area contributed by atoms with Crippen LogP contribution in [0.4, 0.5) is 22.0 Å². The van der Waals surface area contributed by atoms with E-state index < -0.39 is 44.1 Å². The highest BCUT2D eigenvalue weighted by Gasteiger charge is 2.39. The Balaban J connectivity index is 4.22. The number of aliphatic hydroxyl groups is 2. The second-order valence-corrected chi connectivity index (χ2v) is 2.73. The minimum Gasteiger partial charge on any atom is -0.393 e. The van der Waals surface area contributed by atoms with Crippen LogP contribution in [0.2, 0.25) is 0 Å². The van der Waals surface area contributed by atoms with Crippen molar-refractivity contribution in [1.82, 2.24) is 0 Å². The largest absolute Gasteiger partial charge is 0.393 e. The molecule has 2 nitrogen and oxygen atoms in total. The third-order valence-corrected chi connectivity index (χ3v) is 1.65. The van der Waals surface area contributed by atoms with Crippen LogP contribution < -0.4 is 0 Å². The van der Waals surface area contributed by atoms with Gasteiger partial charge in [-0.2, -0.15) is 0 Å². The van der Waals surface area contributed by atoms with Gasteiger partial charge in [0, 0.05) is 0 Å². The topological polar surface area (TPSA) is 40.5 Å². The maximum Gasteiger partial charge on any atom is 0.168 e. The highest BCUT2D eigenvalue weighted by molar-refractivity contribution is 4.85. The number of halogens is 5. The molecule has 0 aliphatic heterocycles. The first kappa shape index (κ1) is 13.6. The summed E-state index contributed by atoms with van der Waals surface area (Å²) >= 11 is 0. The molecule has 0 saturated carbocycles. The lowest BCUT2D eigenvalue weighted by atomic mass is 10.0. The Morgan fingerprint density at radius 2 is 0.929 bits per heavy atom. The average Bonchev–Trinajstić information content (AvgIpc) is 2.23. The lowest BCUT2D eigenvalue weighted by Gasteiger charge is -2.20. The van der Waals surface area contributed by atoms with Crippen molar-refractivity contribution in [3.63, 3.8) is 0 Å². The van der Waals surface area contributed by atoms with E-state index in [2.05, 4.69) is 0 Å². The Kier molecular flexibility index (Phi) is 5.94. The monoisotopic (exact) mass is 222 g/mol. The number of hydrogen-bond donors (Lipinski definition) is 2. The van der Waals surface area contributed by atoms with Crippen molar-refractivity contribution < 1.29 is 32.2 Å². The summed E-state index contributed by atoms with van der Waals surface area (Å²) in [6.45, 7) is -2.63. The number of hydrogen-bond acceptors (Lipinski definition) is 2. The molecule has 0 aliphatic rings. The maximum atomic E-state index is 12.6. The average molecular weight is 222 g/mol. The molecule has 0 spiro atoms. The highest BCUT2D eigenvalue weighted by atomic mass is 19.2. The van der Waals surface area contributed by atoms with Crippen molar-refractivity contribution in [3.05, 3.63) is 0 Å². The van der Waals surface area contributed by atoms with Crippen molar-refractivity contribution in [2.45, 2.75) is 30.9 Å². The van der Waals surface area contributed by atoms with E-state index in [0.29, 0.717) is 0 Å². The fraction of sp³-hybridized carbons (Fsp3) is 1.00. The Hall–Kier alpha value is -0.430. The predicted octanol–water partition coefficient (Wildman–Crippen LogP) is 0.661. The van der Waals surface area contributed by atoms with Gasteiger partial charge in [-0.15, -0.1) is 0 Å². The molecule has 0 aromatic heterocycles. The molecular weight excluding hydrogens is 211 g/mol. The van der Waals surface area contributed by atoms with E-state index in [1.54, 1.807) is 0 Å². The van der Waals surface area contributed by atoms with Gasteiger partial charge >= 0.3 is 0 Å². The van der Waals surface area contributed by atoms with E-state index in [1.165, 1.54) is 0 Å². The highest BCUT2D eigenvalue weighted by Crippen LogP contribution is 2.20. The van der Waals surface area contributed by atoms with Gasteiger partial charge in [0.1, 0.15) is 0 Å². The third-order valence-electron chi connectivity index (χ3n) is 1.65. The SMILES string of the molecule is OC[C@@H](F)[C@H](F)C(F)[C@H](F)[C@@H](F)CO. The lowest BCUT2D eigenvalue weighted by Crippen LogP contribution is -2.41. The van der Waals surface area contributed by atoms with Crippen LogP contribution >= 0.6 is 0 Å². The maximum absolute atomic E-state index is 12.6. The molecule has 0 rings (SSSR count). The number of alkyl halides is 5. The fourth-order valence-electron chi connectivity index (χ4n) is 0.776. The fourth-order valence-corrected chi connectivity index (χ4v) is 0.776. The van der Waals surface area contributed by atoms with Gasteiger partial charge < -0.3 is 10.2 Å². The second kappa shape index (κ2) is 6.13. The minimum absolute atomic E-state index is 1.32. The molecule has 0 amide bonds. The van der Waals surface area contributed by atoms with Crippen LogP contribution in [0.5, 0.6) is 0 Å². The molecule has 0 heterocycles. The zero-order valence-electron chi connectivity index (χ0n) is 7.09. The molecule has 2 N–H and O–H groups in total. The van der Waals surface area contributed by atoms with E-state index >= 15 is 0 Å². The molecule has 0 fully saturated rings. The summed E-state index contributed by atoms with van der Waals surface area (Å²) in [7, 11) is 0. The lowest BCUT2D eigenvalue weighted by molar-refractivity contribution is -0.0230. The normalized spacial score (nSPS) is 22.5. The zero-order valence-corrected chi connectivity index (χ0v) is 7.09. The Morgan fingerprint density at radius 1 is 0.643 bits per heavy atom. The van der Waals surface area contributed by atoms with Gasteiger partial charge in [-0.25, -0.2) is 22.0 Å². The van der Waals surface area contributed by atoms with Gasteiger partial charge in [0.15, 0.2) is 30.9 Å². The number of rotatable bonds is 6. The van der Waals surface area contributed by atoms with Gasteiger partial charge in [-0.05, 0) is 0 Å². The third kappa shape index (κ3) is 3.38. The quantitative estimate of drug-likeness (QED) is 0.648. The summed E-state index contributed by atoms with van der Waals surface area (Å²) < 4.78 is 62.3. The van der Waals surface area contributed by atoms with Gasteiger partial charge in [0.2, 0.25) is 0 Å². The molecule has 14 heavy (non-hydrogen) atoms. The Morgan fingerprint density at radius 3 is 1.14 bits per heavy atom. The summed E-state index contributed by atoms with van der Waals surface area (Å²) in [6, 6.07) is 0. The first-order chi connectivity index (χ1) is 6.45. The second-order valence-electron chi connectivity index (χ2n) is 2.73. The van der Waals surface area contributed by atoms with Gasteiger partial charge in [-0.1, -0.05) is 0 Å². The summed E-state index contributed by atoms with van der Waals surface area (Å²) in [6.07, 6.45) is -14.1. The van der Waals surface area contributed by atoms with Crippen molar-refractivity contribution in [2.24, 2.45) is 0 Å². The standard InChI is InChI=1S/C7H11F5O2/c8-3(1-13)5(10)7(12)6(11)4(9)2-14/h3-7,13-14H,1-2H2/t3-,4+,5+,6-,7?. The molecule has 5 atom stereocenters. The van der Waals surface area contributed by atoms with Crippen LogP contribution in [0.25, 0.3) is 0 Å². The molecular formula is C7H11F5O2. The molecule has 86 valence electrons. The Bertz CT molecular complexity index is 143. The molecule has 7 heteroatoms. The van der Waals surface area contributed by atoms with Crippen LogP contribution in [-0.2, 0) is 0 Å². The van der Waals surface area contributed by atoms with Crippen LogP contribution in [0.15, 0.2) is 0 Å². The summed E-state index contributed by atoms with van der Waals surface area (Å²) in [5, 5.41) is 16.2.